The molecule has 6 nitrogen and oxygen atoms in total. The molecule has 0 unspecified atom stereocenters. The van der Waals surface area contributed by atoms with Crippen molar-refractivity contribution >= 4 is 17.1 Å². The van der Waals surface area contributed by atoms with Crippen molar-refractivity contribution in [2.45, 2.75) is 25.4 Å². The van der Waals surface area contributed by atoms with Gasteiger partial charge < -0.3 is 5.32 Å². The summed E-state index contributed by atoms with van der Waals surface area (Å²) < 4.78 is 14.5. The SMILES string of the molecule is O=C(NCc1ccc(F)cc1)c1nc2cccnc2n(C2CC2)c1=O. The van der Waals surface area contributed by atoms with Gasteiger partial charge in [0.05, 0.1) is 0 Å². The lowest BCUT2D eigenvalue weighted by Crippen LogP contribution is -2.34. The maximum atomic E-state index is 12.9. The highest BCUT2D eigenvalue weighted by Crippen LogP contribution is 2.35. The maximum Gasteiger partial charge on any atom is 0.284 e. The van der Waals surface area contributed by atoms with Gasteiger partial charge >= 0.3 is 0 Å². The van der Waals surface area contributed by atoms with Crippen LogP contribution in [0, 0.1) is 5.82 Å². The molecule has 3 aromatic rings. The van der Waals surface area contributed by atoms with Crippen LogP contribution in [0.1, 0.15) is 34.9 Å². The number of carbonyl (C=O) groups excluding carboxylic acids is 1. The van der Waals surface area contributed by atoms with Gasteiger partial charge in [0.1, 0.15) is 11.3 Å². The molecule has 0 bridgehead atoms. The fraction of sp³-hybridized carbons (Fsp3) is 0.222. The summed E-state index contributed by atoms with van der Waals surface area (Å²) in [6, 6.07) is 9.33. The summed E-state index contributed by atoms with van der Waals surface area (Å²) in [6.45, 7) is 0.189. The number of hydrogen-bond acceptors (Lipinski definition) is 4. The number of hydrogen-bond donors (Lipinski definition) is 1. The smallest absolute Gasteiger partial charge is 0.284 e. The van der Waals surface area contributed by atoms with Crippen LogP contribution in [0.2, 0.25) is 0 Å². The molecule has 1 aromatic carbocycles. The lowest BCUT2D eigenvalue weighted by molar-refractivity contribution is 0.0944. The largest absolute Gasteiger partial charge is 0.346 e. The number of nitrogens with zero attached hydrogens (tertiary/aromatic N) is 3. The average Bonchev–Trinajstić information content (AvgIpc) is 3.45. The van der Waals surface area contributed by atoms with Crippen molar-refractivity contribution in [2.75, 3.05) is 0 Å². The number of aromatic nitrogens is 3. The highest BCUT2D eigenvalue weighted by molar-refractivity contribution is 5.93. The number of halogens is 1. The van der Waals surface area contributed by atoms with Crippen molar-refractivity contribution in [3.05, 3.63) is 70.0 Å². The van der Waals surface area contributed by atoms with Gasteiger partial charge in [0.15, 0.2) is 11.3 Å². The van der Waals surface area contributed by atoms with Crippen molar-refractivity contribution in [3.8, 4) is 0 Å². The molecule has 2 heterocycles. The van der Waals surface area contributed by atoms with E-state index in [2.05, 4.69) is 15.3 Å². The fourth-order valence-corrected chi connectivity index (χ4v) is 2.73. The molecule has 1 amide bonds. The number of benzene rings is 1. The lowest BCUT2D eigenvalue weighted by Gasteiger charge is -2.10. The first kappa shape index (κ1) is 15.4. The van der Waals surface area contributed by atoms with E-state index in [0.717, 1.165) is 18.4 Å². The predicted molar refractivity (Wildman–Crippen MR) is 89.6 cm³/mol. The summed E-state index contributed by atoms with van der Waals surface area (Å²) in [5, 5.41) is 2.67. The van der Waals surface area contributed by atoms with Crippen molar-refractivity contribution in [1.29, 1.82) is 0 Å². The van der Waals surface area contributed by atoms with E-state index < -0.39 is 11.5 Å². The molecule has 4 rings (SSSR count). The molecule has 25 heavy (non-hydrogen) atoms. The second-order valence-corrected chi connectivity index (χ2v) is 6.02. The van der Waals surface area contributed by atoms with Crippen LogP contribution < -0.4 is 10.9 Å². The van der Waals surface area contributed by atoms with Gasteiger partial charge in [0.25, 0.3) is 11.5 Å². The molecule has 1 aliphatic rings. The first-order valence-electron chi connectivity index (χ1n) is 8.03. The van der Waals surface area contributed by atoms with Crippen LogP contribution in [0.25, 0.3) is 11.2 Å². The molecule has 0 saturated heterocycles. The Morgan fingerprint density at radius 2 is 2.00 bits per heavy atom. The molecule has 126 valence electrons. The first-order valence-corrected chi connectivity index (χ1v) is 8.03. The van der Waals surface area contributed by atoms with Crippen molar-refractivity contribution in [1.82, 2.24) is 19.9 Å². The molecule has 1 saturated carbocycles. The van der Waals surface area contributed by atoms with E-state index in [4.69, 9.17) is 0 Å². The quantitative estimate of drug-likeness (QED) is 0.791. The first-order chi connectivity index (χ1) is 12.1. The van der Waals surface area contributed by atoms with Crippen LogP contribution in [-0.2, 0) is 6.54 Å². The standard InChI is InChI=1S/C18H15FN4O2/c19-12-5-3-11(4-6-12)10-21-17(24)15-18(25)23(13-7-8-13)16-14(22-15)2-1-9-20-16/h1-6,9,13H,7-8,10H2,(H,21,24). The average molecular weight is 338 g/mol. The predicted octanol–water partition coefficient (Wildman–Crippen LogP) is 2.20. The summed E-state index contributed by atoms with van der Waals surface area (Å²) in [4.78, 5) is 33.6. The third kappa shape index (κ3) is 3.00. The molecular weight excluding hydrogens is 323 g/mol. The van der Waals surface area contributed by atoms with Crippen molar-refractivity contribution < 1.29 is 9.18 Å². The molecule has 0 spiro atoms. The summed E-state index contributed by atoms with van der Waals surface area (Å²) in [6.07, 6.45) is 3.40. The van der Waals surface area contributed by atoms with Gasteiger partial charge in [-0.05, 0) is 42.7 Å². The van der Waals surface area contributed by atoms with Crippen LogP contribution in [0.15, 0.2) is 47.4 Å². The van der Waals surface area contributed by atoms with Gasteiger partial charge in [-0.25, -0.2) is 14.4 Å². The summed E-state index contributed by atoms with van der Waals surface area (Å²) >= 11 is 0. The van der Waals surface area contributed by atoms with E-state index in [0.29, 0.717) is 11.2 Å². The van der Waals surface area contributed by atoms with Crippen LogP contribution >= 0.6 is 0 Å². The van der Waals surface area contributed by atoms with Crippen LogP contribution in [-0.4, -0.2) is 20.4 Å². The summed E-state index contributed by atoms with van der Waals surface area (Å²) in [5.74, 6) is -0.888. The molecule has 0 radical (unpaired) electrons. The Labute approximate surface area is 142 Å². The summed E-state index contributed by atoms with van der Waals surface area (Å²) in [7, 11) is 0. The van der Waals surface area contributed by atoms with E-state index >= 15 is 0 Å². The number of pyridine rings is 1. The minimum atomic E-state index is -0.547. The Morgan fingerprint density at radius 3 is 2.72 bits per heavy atom. The van der Waals surface area contributed by atoms with Crippen LogP contribution in [0.5, 0.6) is 0 Å². The monoisotopic (exact) mass is 338 g/mol. The third-order valence-electron chi connectivity index (χ3n) is 4.14. The van der Waals surface area contributed by atoms with Gasteiger partial charge in [0, 0.05) is 18.8 Å². The van der Waals surface area contributed by atoms with Gasteiger partial charge in [-0.15, -0.1) is 0 Å². The topological polar surface area (TPSA) is 76.9 Å². The minimum absolute atomic E-state index is 0.0801. The Balaban J connectivity index is 1.66. The zero-order valence-electron chi connectivity index (χ0n) is 13.3. The molecule has 0 aliphatic heterocycles. The molecule has 1 N–H and O–H groups in total. The maximum absolute atomic E-state index is 12.9. The van der Waals surface area contributed by atoms with E-state index in [-0.39, 0.29) is 24.1 Å². The molecular formula is C18H15FN4O2. The van der Waals surface area contributed by atoms with Crippen molar-refractivity contribution in [2.24, 2.45) is 0 Å². The number of nitrogens with one attached hydrogen (secondary N) is 1. The number of rotatable bonds is 4. The van der Waals surface area contributed by atoms with E-state index in [1.165, 1.54) is 12.1 Å². The molecule has 7 heteroatoms. The zero-order valence-corrected chi connectivity index (χ0v) is 13.3. The fourth-order valence-electron chi connectivity index (χ4n) is 2.73. The Morgan fingerprint density at radius 1 is 1.24 bits per heavy atom. The Kier molecular flexibility index (Phi) is 3.76. The second-order valence-electron chi connectivity index (χ2n) is 6.02. The molecule has 2 aromatic heterocycles. The van der Waals surface area contributed by atoms with Gasteiger partial charge in [-0.1, -0.05) is 12.1 Å². The molecule has 1 aliphatic carbocycles. The van der Waals surface area contributed by atoms with Gasteiger partial charge in [0.2, 0.25) is 0 Å². The second kappa shape index (κ2) is 6.08. The van der Waals surface area contributed by atoms with Gasteiger partial charge in [-0.2, -0.15) is 0 Å². The molecule has 0 atom stereocenters. The highest BCUT2D eigenvalue weighted by atomic mass is 19.1. The number of carbonyl (C=O) groups is 1. The Hall–Kier alpha value is -3.09. The van der Waals surface area contributed by atoms with Crippen LogP contribution in [0.3, 0.4) is 0 Å². The minimum Gasteiger partial charge on any atom is -0.346 e. The van der Waals surface area contributed by atoms with E-state index in [1.807, 2.05) is 0 Å². The lowest BCUT2D eigenvalue weighted by atomic mass is 10.2. The zero-order chi connectivity index (χ0) is 17.4. The molecule has 1 fully saturated rings. The van der Waals surface area contributed by atoms with Gasteiger partial charge in [-0.3, -0.25) is 14.2 Å². The summed E-state index contributed by atoms with van der Waals surface area (Å²) in [5.41, 5.74) is 1.19. The van der Waals surface area contributed by atoms with E-state index in [1.54, 1.807) is 35.0 Å². The Bertz CT molecular complexity index is 1010. The highest BCUT2D eigenvalue weighted by Gasteiger charge is 2.29. The number of fused-ring (bicyclic) bond motifs is 1. The van der Waals surface area contributed by atoms with Crippen LogP contribution in [0.4, 0.5) is 4.39 Å². The normalized spacial score (nSPS) is 13.8. The van der Waals surface area contributed by atoms with E-state index in [9.17, 15) is 14.0 Å². The third-order valence-corrected chi connectivity index (χ3v) is 4.14. The number of amides is 1. The van der Waals surface area contributed by atoms with Crippen molar-refractivity contribution in [3.63, 3.8) is 0 Å².